The van der Waals surface area contributed by atoms with Crippen molar-refractivity contribution in [2.45, 2.75) is 57.5 Å². The molecular formula is C15H22ClN3O2. The van der Waals surface area contributed by atoms with E-state index >= 15 is 0 Å². The highest BCUT2D eigenvalue weighted by Crippen LogP contribution is 2.27. The molecule has 0 radical (unpaired) electrons. The van der Waals surface area contributed by atoms with E-state index in [1.165, 1.54) is 0 Å². The molecule has 1 amide bonds. The fourth-order valence-corrected chi connectivity index (χ4v) is 3.42. The zero-order valence-corrected chi connectivity index (χ0v) is 13.0. The first-order valence-corrected chi connectivity index (χ1v) is 7.37. The van der Waals surface area contributed by atoms with Crippen LogP contribution in [-0.4, -0.2) is 28.8 Å². The number of nitrogens with two attached hydrogens (primary N) is 1. The van der Waals surface area contributed by atoms with Crippen LogP contribution in [0.25, 0.3) is 0 Å². The van der Waals surface area contributed by atoms with E-state index in [0.717, 1.165) is 43.5 Å². The highest BCUT2D eigenvalue weighted by atomic mass is 35.5. The van der Waals surface area contributed by atoms with E-state index in [1.54, 1.807) is 0 Å². The number of carbonyl (C=O) groups excluding carboxylic acids is 2. The molecule has 1 saturated carbocycles. The summed E-state index contributed by atoms with van der Waals surface area (Å²) in [6.45, 7) is 1.86. The summed E-state index contributed by atoms with van der Waals surface area (Å²) >= 11 is 0. The zero-order chi connectivity index (χ0) is 14.3. The summed E-state index contributed by atoms with van der Waals surface area (Å²) in [5.41, 5.74) is 8.76. The minimum Gasteiger partial charge on any atom is -0.361 e. The predicted molar refractivity (Wildman–Crippen MR) is 83.1 cm³/mol. The lowest BCUT2D eigenvalue weighted by Gasteiger charge is -2.15. The fraction of sp³-hybridized carbons (Fsp3) is 0.600. The monoisotopic (exact) mass is 311 g/mol. The summed E-state index contributed by atoms with van der Waals surface area (Å²) in [6.07, 6.45) is 4.96. The Kier molecular flexibility index (Phi) is 4.74. The number of rotatable bonds is 2. The first-order valence-electron chi connectivity index (χ1n) is 7.37. The van der Waals surface area contributed by atoms with Gasteiger partial charge in [0.1, 0.15) is 0 Å². The maximum absolute atomic E-state index is 12.5. The molecule has 6 heteroatoms. The van der Waals surface area contributed by atoms with Crippen molar-refractivity contribution in [2.24, 2.45) is 5.73 Å². The quantitative estimate of drug-likeness (QED) is 0.779. The predicted octanol–water partition coefficient (Wildman–Crippen LogP) is 1.87. The van der Waals surface area contributed by atoms with Gasteiger partial charge in [-0.1, -0.05) is 0 Å². The molecule has 2 aliphatic rings. The fourth-order valence-electron chi connectivity index (χ4n) is 3.42. The number of aromatic nitrogens is 1. The molecule has 0 aliphatic heterocycles. The number of fused-ring (bicyclic) bond motifs is 1. The molecule has 2 aliphatic carbocycles. The van der Waals surface area contributed by atoms with E-state index in [0.29, 0.717) is 17.5 Å². The summed E-state index contributed by atoms with van der Waals surface area (Å²) < 4.78 is 0. The number of hydrogen-bond donors (Lipinski definition) is 3. The lowest BCUT2D eigenvalue weighted by Crippen LogP contribution is -2.35. The Balaban J connectivity index is 0.00000161. The lowest BCUT2D eigenvalue weighted by molar-refractivity contribution is 0.0916. The largest absolute Gasteiger partial charge is 0.361 e. The van der Waals surface area contributed by atoms with Crippen LogP contribution in [0.2, 0.25) is 0 Å². The van der Waals surface area contributed by atoms with Crippen LogP contribution in [-0.2, 0) is 6.42 Å². The van der Waals surface area contributed by atoms with E-state index in [4.69, 9.17) is 5.73 Å². The van der Waals surface area contributed by atoms with Crippen LogP contribution in [0.4, 0.5) is 0 Å². The zero-order valence-electron chi connectivity index (χ0n) is 12.2. The number of nitrogens with one attached hydrogen (secondary N) is 2. The number of hydrogen-bond acceptors (Lipinski definition) is 3. The van der Waals surface area contributed by atoms with Gasteiger partial charge in [-0.25, -0.2) is 0 Å². The van der Waals surface area contributed by atoms with Crippen LogP contribution in [0.1, 0.15) is 64.2 Å². The average Bonchev–Trinajstić information content (AvgIpc) is 2.93. The van der Waals surface area contributed by atoms with Crippen LogP contribution < -0.4 is 11.1 Å². The topological polar surface area (TPSA) is 88.0 Å². The van der Waals surface area contributed by atoms with Gasteiger partial charge in [0.15, 0.2) is 5.78 Å². The van der Waals surface area contributed by atoms with Crippen molar-refractivity contribution in [1.82, 2.24) is 10.3 Å². The third kappa shape index (κ3) is 2.99. The van der Waals surface area contributed by atoms with Crippen molar-refractivity contribution >= 4 is 24.1 Å². The molecule has 1 heterocycles. The Hall–Kier alpha value is -1.33. The number of Topliss-reactive ketones (excluding diaryl/α,β-unsaturated/α-hetero) is 1. The van der Waals surface area contributed by atoms with Gasteiger partial charge in [0, 0.05) is 29.9 Å². The molecule has 0 aromatic carbocycles. The molecule has 0 unspecified atom stereocenters. The maximum Gasteiger partial charge on any atom is 0.254 e. The number of halogens is 1. The highest BCUT2D eigenvalue weighted by Gasteiger charge is 2.30. The Bertz CT molecular complexity index is 568. The van der Waals surface area contributed by atoms with Crippen molar-refractivity contribution in [3.05, 3.63) is 22.5 Å². The SMILES string of the molecule is Cc1[nH]c2c(c1C(=O)N[C@@H]1CC[C@@H](N)C1)C(=O)CCC2.Cl. The minimum atomic E-state index is -0.130. The molecule has 1 fully saturated rings. The standard InChI is InChI=1S/C15H21N3O2.ClH/c1-8-13(14-11(17-8)3-2-4-12(14)19)15(20)18-10-6-5-9(16)7-10;/h9-10,17H,2-7,16H2,1H3,(H,18,20);1H/t9-,10-;/m1./s1. The molecule has 4 N–H and O–H groups in total. The van der Waals surface area contributed by atoms with Crippen molar-refractivity contribution in [3.8, 4) is 0 Å². The first-order chi connectivity index (χ1) is 9.56. The number of ketones is 1. The van der Waals surface area contributed by atoms with Crippen LogP contribution >= 0.6 is 12.4 Å². The second-order valence-electron chi connectivity index (χ2n) is 6.00. The average molecular weight is 312 g/mol. The molecular weight excluding hydrogens is 290 g/mol. The number of aromatic amines is 1. The minimum absolute atomic E-state index is 0. The number of amides is 1. The molecule has 1 aromatic heterocycles. The van der Waals surface area contributed by atoms with E-state index in [9.17, 15) is 9.59 Å². The van der Waals surface area contributed by atoms with Gasteiger partial charge in [0.2, 0.25) is 0 Å². The summed E-state index contributed by atoms with van der Waals surface area (Å²) in [4.78, 5) is 27.8. The van der Waals surface area contributed by atoms with E-state index in [1.807, 2.05) is 6.92 Å². The highest BCUT2D eigenvalue weighted by molar-refractivity contribution is 6.10. The first kappa shape index (κ1) is 16.0. The Morgan fingerprint density at radius 2 is 2.10 bits per heavy atom. The number of carbonyl (C=O) groups is 2. The van der Waals surface area contributed by atoms with Gasteiger partial charge in [-0.3, -0.25) is 9.59 Å². The Labute approximate surface area is 130 Å². The second-order valence-corrected chi connectivity index (χ2v) is 6.00. The third-order valence-corrected chi connectivity index (χ3v) is 4.41. The van der Waals surface area contributed by atoms with Gasteiger partial charge in [-0.15, -0.1) is 12.4 Å². The Morgan fingerprint density at radius 1 is 1.33 bits per heavy atom. The van der Waals surface area contributed by atoms with Crippen LogP contribution in [0, 0.1) is 6.92 Å². The molecule has 116 valence electrons. The number of H-pyrrole nitrogens is 1. The van der Waals surface area contributed by atoms with Gasteiger partial charge >= 0.3 is 0 Å². The summed E-state index contributed by atoms with van der Waals surface area (Å²) in [6, 6.07) is 0.323. The van der Waals surface area contributed by atoms with Gasteiger partial charge in [-0.2, -0.15) is 0 Å². The normalized spacial score (nSPS) is 24.4. The second kappa shape index (κ2) is 6.20. The lowest BCUT2D eigenvalue weighted by atomic mass is 9.93. The maximum atomic E-state index is 12.5. The molecule has 2 atom stereocenters. The van der Waals surface area contributed by atoms with Gasteiger partial charge in [-0.05, 0) is 39.0 Å². The summed E-state index contributed by atoms with van der Waals surface area (Å²) in [7, 11) is 0. The van der Waals surface area contributed by atoms with Crippen LogP contribution in [0.3, 0.4) is 0 Å². The van der Waals surface area contributed by atoms with Gasteiger partial charge in [0.05, 0.1) is 11.1 Å². The summed E-state index contributed by atoms with van der Waals surface area (Å²) in [5, 5.41) is 3.03. The third-order valence-electron chi connectivity index (χ3n) is 4.41. The molecule has 5 nitrogen and oxygen atoms in total. The van der Waals surface area contributed by atoms with E-state index in [-0.39, 0.29) is 36.2 Å². The van der Waals surface area contributed by atoms with Crippen molar-refractivity contribution < 1.29 is 9.59 Å². The molecule has 1 aromatic rings. The number of aryl methyl sites for hydroxylation is 2. The van der Waals surface area contributed by atoms with Crippen LogP contribution in [0.15, 0.2) is 0 Å². The van der Waals surface area contributed by atoms with Gasteiger partial charge in [0.25, 0.3) is 5.91 Å². The van der Waals surface area contributed by atoms with Crippen molar-refractivity contribution in [3.63, 3.8) is 0 Å². The molecule has 0 bridgehead atoms. The van der Waals surface area contributed by atoms with Crippen LogP contribution in [0.5, 0.6) is 0 Å². The molecule has 0 spiro atoms. The summed E-state index contributed by atoms with van der Waals surface area (Å²) in [5.74, 6) is -0.0433. The van der Waals surface area contributed by atoms with Gasteiger partial charge < -0.3 is 16.0 Å². The van der Waals surface area contributed by atoms with E-state index < -0.39 is 0 Å². The smallest absolute Gasteiger partial charge is 0.254 e. The molecule has 21 heavy (non-hydrogen) atoms. The molecule has 3 rings (SSSR count). The Morgan fingerprint density at radius 3 is 2.76 bits per heavy atom. The van der Waals surface area contributed by atoms with Crippen molar-refractivity contribution in [1.29, 1.82) is 0 Å². The molecule has 0 saturated heterocycles. The van der Waals surface area contributed by atoms with Crippen molar-refractivity contribution in [2.75, 3.05) is 0 Å². The van der Waals surface area contributed by atoms with E-state index in [2.05, 4.69) is 10.3 Å².